The van der Waals surface area contributed by atoms with Crippen LogP contribution in [0.15, 0.2) is 45.8 Å². The zero-order chi connectivity index (χ0) is 12.7. The molecule has 4 heteroatoms. The number of fused-ring (bicyclic) bond motifs is 1. The second-order valence-corrected chi connectivity index (χ2v) is 5.75. The molecule has 0 spiro atoms. The summed E-state index contributed by atoms with van der Waals surface area (Å²) in [5.41, 5.74) is 3.35. The number of nitrogens with zero attached hydrogens (tertiary/aromatic N) is 1. The Kier molecular flexibility index (Phi) is 2.67. The van der Waals surface area contributed by atoms with Gasteiger partial charge in [-0.3, -0.25) is 4.79 Å². The molecule has 3 rings (SSSR count). The predicted molar refractivity (Wildman–Crippen MR) is 76.0 cm³/mol. The molecular weight excluding hydrogens is 244 g/mol. The van der Waals surface area contributed by atoms with Gasteiger partial charge in [0.15, 0.2) is 5.78 Å². The molecule has 1 aliphatic carbocycles. The summed E-state index contributed by atoms with van der Waals surface area (Å²) < 4.78 is 0. The lowest BCUT2D eigenvalue weighted by atomic mass is 10.1. The molecule has 18 heavy (non-hydrogen) atoms. The topological polar surface area (TPSA) is 32.3 Å². The Morgan fingerprint density at radius 1 is 1.28 bits per heavy atom. The number of allylic oxidation sites excluding steroid dienone is 3. The van der Waals surface area contributed by atoms with E-state index in [0.29, 0.717) is 6.42 Å². The minimum Gasteiger partial charge on any atom is -0.378 e. The monoisotopic (exact) mass is 258 g/mol. The molecule has 0 radical (unpaired) electrons. The molecule has 0 fully saturated rings. The van der Waals surface area contributed by atoms with Crippen molar-refractivity contribution in [2.45, 2.75) is 11.3 Å². The molecule has 1 aliphatic heterocycles. The third-order valence-electron chi connectivity index (χ3n) is 3.06. The molecule has 0 aromatic heterocycles. The van der Waals surface area contributed by atoms with E-state index in [9.17, 15) is 4.79 Å². The molecule has 1 aromatic rings. The molecule has 3 nitrogen and oxygen atoms in total. The number of rotatable bonds is 1. The molecule has 0 atom stereocenters. The van der Waals surface area contributed by atoms with Gasteiger partial charge in [0.25, 0.3) is 0 Å². The second-order valence-electron chi connectivity index (χ2n) is 4.62. The van der Waals surface area contributed by atoms with Crippen molar-refractivity contribution in [1.82, 2.24) is 0 Å². The van der Waals surface area contributed by atoms with E-state index >= 15 is 0 Å². The number of carbonyl (C=O) groups excluding carboxylic acids is 1. The van der Waals surface area contributed by atoms with E-state index in [4.69, 9.17) is 0 Å². The molecule has 0 bridgehead atoms. The molecule has 0 unspecified atom stereocenters. The van der Waals surface area contributed by atoms with Crippen LogP contribution in [0.25, 0.3) is 0 Å². The van der Waals surface area contributed by atoms with Crippen molar-refractivity contribution in [3.05, 3.63) is 41.0 Å². The van der Waals surface area contributed by atoms with Crippen LogP contribution in [0.1, 0.15) is 6.42 Å². The highest BCUT2D eigenvalue weighted by Crippen LogP contribution is 2.43. The van der Waals surface area contributed by atoms with Gasteiger partial charge in [0.05, 0.1) is 5.69 Å². The lowest BCUT2D eigenvalue weighted by Crippen LogP contribution is -2.13. The highest BCUT2D eigenvalue weighted by atomic mass is 32.2. The molecular formula is C14H14N2OS. The highest BCUT2D eigenvalue weighted by Gasteiger charge is 2.21. The third-order valence-corrected chi connectivity index (χ3v) is 4.22. The first kappa shape index (κ1) is 11.4. The van der Waals surface area contributed by atoms with E-state index in [1.807, 2.05) is 20.2 Å². The van der Waals surface area contributed by atoms with Gasteiger partial charge in [0, 0.05) is 41.7 Å². The number of benzene rings is 1. The van der Waals surface area contributed by atoms with Crippen LogP contribution in [0.3, 0.4) is 0 Å². The summed E-state index contributed by atoms with van der Waals surface area (Å²) in [5.74, 6) is 0.176. The van der Waals surface area contributed by atoms with Gasteiger partial charge in [-0.2, -0.15) is 0 Å². The minimum atomic E-state index is 0.176. The summed E-state index contributed by atoms with van der Waals surface area (Å²) in [6.45, 7) is 0. The molecule has 92 valence electrons. The van der Waals surface area contributed by atoms with Crippen LogP contribution in [0.2, 0.25) is 0 Å². The van der Waals surface area contributed by atoms with Gasteiger partial charge in [-0.1, -0.05) is 11.8 Å². The minimum absolute atomic E-state index is 0.176. The van der Waals surface area contributed by atoms with Crippen molar-refractivity contribution in [2.24, 2.45) is 0 Å². The Hall–Kier alpha value is -1.68. The van der Waals surface area contributed by atoms with E-state index in [2.05, 4.69) is 28.4 Å². The van der Waals surface area contributed by atoms with Crippen molar-refractivity contribution in [3.63, 3.8) is 0 Å². The standard InChI is InChI=1S/C14H14N2OS/c1-16(2)9-3-5-11-13(7-9)18-14-8-10(17)4-6-12(14)15-11/h3-7,15H,8H2,1-2H3. The normalized spacial score (nSPS) is 17.1. The molecule has 1 heterocycles. The van der Waals surface area contributed by atoms with E-state index in [1.54, 1.807) is 17.8 Å². The summed E-state index contributed by atoms with van der Waals surface area (Å²) in [6, 6.07) is 6.33. The van der Waals surface area contributed by atoms with Crippen molar-refractivity contribution >= 4 is 28.9 Å². The van der Waals surface area contributed by atoms with Gasteiger partial charge < -0.3 is 10.2 Å². The van der Waals surface area contributed by atoms with Gasteiger partial charge in [-0.25, -0.2) is 0 Å². The summed E-state index contributed by atoms with van der Waals surface area (Å²) in [5, 5.41) is 3.39. The summed E-state index contributed by atoms with van der Waals surface area (Å²) in [7, 11) is 4.06. The molecule has 0 saturated carbocycles. The first-order valence-electron chi connectivity index (χ1n) is 5.84. The maximum atomic E-state index is 11.4. The SMILES string of the molecule is CN(C)c1ccc2c(c1)SC1=C(C=CC(=O)C1)N2. The van der Waals surface area contributed by atoms with Crippen LogP contribution in [0.4, 0.5) is 11.4 Å². The maximum Gasteiger partial charge on any atom is 0.160 e. The number of hydrogen-bond acceptors (Lipinski definition) is 4. The fourth-order valence-corrected chi connectivity index (χ4v) is 3.16. The summed E-state index contributed by atoms with van der Waals surface area (Å²) in [6.07, 6.45) is 4.03. The Morgan fingerprint density at radius 2 is 2.11 bits per heavy atom. The number of anilines is 2. The average Bonchev–Trinajstić information content (AvgIpc) is 2.35. The number of ketones is 1. The molecule has 2 aliphatic rings. The largest absolute Gasteiger partial charge is 0.378 e. The number of nitrogens with one attached hydrogen (secondary N) is 1. The predicted octanol–water partition coefficient (Wildman–Crippen LogP) is 3.01. The average molecular weight is 258 g/mol. The van der Waals surface area contributed by atoms with E-state index in [-0.39, 0.29) is 5.78 Å². The van der Waals surface area contributed by atoms with Crippen LogP contribution >= 0.6 is 11.8 Å². The van der Waals surface area contributed by atoms with Crippen LogP contribution in [0.5, 0.6) is 0 Å². The quantitative estimate of drug-likeness (QED) is 0.839. The van der Waals surface area contributed by atoms with Crippen molar-refractivity contribution in [1.29, 1.82) is 0 Å². The van der Waals surface area contributed by atoms with Crippen LogP contribution in [0, 0.1) is 0 Å². The lowest BCUT2D eigenvalue weighted by Gasteiger charge is -2.25. The first-order chi connectivity index (χ1) is 8.63. The summed E-state index contributed by atoms with van der Waals surface area (Å²) >= 11 is 1.69. The van der Waals surface area contributed by atoms with Gasteiger partial charge in [-0.05, 0) is 30.4 Å². The number of carbonyl (C=O) groups is 1. The van der Waals surface area contributed by atoms with Gasteiger partial charge in [0.1, 0.15) is 0 Å². The Balaban J connectivity index is 1.97. The third kappa shape index (κ3) is 1.93. The van der Waals surface area contributed by atoms with Crippen molar-refractivity contribution in [3.8, 4) is 0 Å². The zero-order valence-corrected chi connectivity index (χ0v) is 11.2. The van der Waals surface area contributed by atoms with Crippen molar-refractivity contribution < 1.29 is 4.79 Å². The molecule has 0 amide bonds. The summed E-state index contributed by atoms with van der Waals surface area (Å²) in [4.78, 5) is 15.8. The van der Waals surface area contributed by atoms with Crippen LogP contribution < -0.4 is 10.2 Å². The van der Waals surface area contributed by atoms with E-state index in [0.717, 1.165) is 16.3 Å². The fourth-order valence-electron chi connectivity index (χ4n) is 2.04. The second kappa shape index (κ2) is 4.21. The van der Waals surface area contributed by atoms with Crippen molar-refractivity contribution in [2.75, 3.05) is 24.3 Å². The van der Waals surface area contributed by atoms with Gasteiger partial charge in [0.2, 0.25) is 0 Å². The molecule has 1 aromatic carbocycles. The Morgan fingerprint density at radius 3 is 2.89 bits per heavy atom. The van der Waals surface area contributed by atoms with E-state index in [1.165, 1.54) is 10.6 Å². The van der Waals surface area contributed by atoms with Crippen LogP contribution in [-0.4, -0.2) is 19.9 Å². The smallest absolute Gasteiger partial charge is 0.160 e. The van der Waals surface area contributed by atoms with Gasteiger partial charge >= 0.3 is 0 Å². The molecule has 1 N–H and O–H groups in total. The highest BCUT2D eigenvalue weighted by molar-refractivity contribution is 8.03. The van der Waals surface area contributed by atoms with Gasteiger partial charge in [-0.15, -0.1) is 0 Å². The number of hydrogen-bond donors (Lipinski definition) is 1. The Bertz CT molecular complexity index is 587. The zero-order valence-electron chi connectivity index (χ0n) is 10.4. The Labute approximate surface area is 111 Å². The fraction of sp³-hybridized carbons (Fsp3) is 0.214. The maximum absolute atomic E-state index is 11.4. The van der Waals surface area contributed by atoms with Crippen LogP contribution in [-0.2, 0) is 4.79 Å². The lowest BCUT2D eigenvalue weighted by molar-refractivity contribution is -0.114. The van der Waals surface area contributed by atoms with E-state index < -0.39 is 0 Å². The first-order valence-corrected chi connectivity index (χ1v) is 6.65. The molecule has 0 saturated heterocycles. The number of thioether (sulfide) groups is 1.